The Morgan fingerprint density at radius 2 is 1.82 bits per heavy atom. The van der Waals surface area contributed by atoms with Crippen LogP contribution >= 0.6 is 23.2 Å². The molecule has 0 aliphatic heterocycles. The smallest absolute Gasteiger partial charge is 0.263 e. The van der Waals surface area contributed by atoms with Gasteiger partial charge in [-0.05, 0) is 41.8 Å². The van der Waals surface area contributed by atoms with E-state index in [0.29, 0.717) is 22.8 Å². The van der Waals surface area contributed by atoms with Crippen molar-refractivity contribution in [1.29, 1.82) is 0 Å². The average molecular weight is 504 g/mol. The number of hydrogen-bond acceptors (Lipinski definition) is 4. The van der Waals surface area contributed by atoms with Gasteiger partial charge < -0.3 is 10.5 Å². The molecule has 1 heterocycles. The standard InChI is InChI=1S/C25H24Cl2FN3O3/c1-25(2,3)13-34-20-11-15(16-10-14(22(29)32)8-9-17(16)26)12-30-23(20)31(4)24(33)21-18(27)6-5-7-19(21)28/h5-12H,13H2,1-4H3,(H2,29,32). The Balaban J connectivity index is 2.10. The second-order valence-electron chi connectivity index (χ2n) is 8.91. The van der Waals surface area contributed by atoms with Gasteiger partial charge in [0.15, 0.2) is 11.6 Å². The SMILES string of the molecule is CN(C(=O)c1c(F)cccc1Cl)c1ncc(-c2cc(C(N)=O)ccc2Cl)cc1OCC(C)(C)C. The lowest BCUT2D eigenvalue weighted by Gasteiger charge is -2.24. The average Bonchev–Trinajstić information content (AvgIpc) is 2.76. The first-order valence-electron chi connectivity index (χ1n) is 10.3. The van der Waals surface area contributed by atoms with Crippen LogP contribution in [0.4, 0.5) is 10.2 Å². The van der Waals surface area contributed by atoms with Crippen LogP contribution in [0.15, 0.2) is 48.7 Å². The minimum Gasteiger partial charge on any atom is -0.489 e. The number of nitrogens with zero attached hydrogens (tertiary/aromatic N) is 2. The summed E-state index contributed by atoms with van der Waals surface area (Å²) in [5.41, 5.74) is 6.28. The fourth-order valence-corrected chi connectivity index (χ4v) is 3.57. The predicted molar refractivity (Wildman–Crippen MR) is 132 cm³/mol. The molecule has 2 N–H and O–H groups in total. The second-order valence-corrected chi connectivity index (χ2v) is 9.73. The summed E-state index contributed by atoms with van der Waals surface area (Å²) in [7, 11) is 1.46. The molecule has 9 heteroatoms. The lowest BCUT2D eigenvalue weighted by atomic mass is 9.98. The number of carbonyl (C=O) groups is 2. The zero-order valence-electron chi connectivity index (χ0n) is 19.2. The van der Waals surface area contributed by atoms with Crippen LogP contribution in [0, 0.1) is 11.2 Å². The molecule has 0 bridgehead atoms. The molecule has 0 atom stereocenters. The molecule has 3 aromatic rings. The molecule has 0 aliphatic rings. The van der Waals surface area contributed by atoms with Crippen LogP contribution in [0.2, 0.25) is 10.0 Å². The number of aromatic nitrogens is 1. The minimum absolute atomic E-state index is 0.0133. The molecule has 34 heavy (non-hydrogen) atoms. The largest absolute Gasteiger partial charge is 0.489 e. The third-order valence-corrected chi connectivity index (χ3v) is 5.50. The summed E-state index contributed by atoms with van der Waals surface area (Å²) in [6.07, 6.45) is 1.48. The molecule has 0 saturated heterocycles. The van der Waals surface area contributed by atoms with E-state index in [1.54, 1.807) is 18.2 Å². The molecule has 3 rings (SSSR count). The van der Waals surface area contributed by atoms with E-state index in [4.69, 9.17) is 33.7 Å². The van der Waals surface area contributed by atoms with E-state index < -0.39 is 17.6 Å². The number of primary amides is 1. The van der Waals surface area contributed by atoms with E-state index in [9.17, 15) is 14.0 Å². The van der Waals surface area contributed by atoms with Crippen LogP contribution in [-0.2, 0) is 0 Å². The van der Waals surface area contributed by atoms with E-state index in [0.717, 1.165) is 6.07 Å². The van der Waals surface area contributed by atoms with Crippen LogP contribution in [0.1, 0.15) is 41.5 Å². The van der Waals surface area contributed by atoms with Crippen molar-refractivity contribution in [3.63, 3.8) is 0 Å². The number of nitrogens with two attached hydrogens (primary N) is 1. The van der Waals surface area contributed by atoms with Crippen LogP contribution in [0.3, 0.4) is 0 Å². The van der Waals surface area contributed by atoms with E-state index >= 15 is 0 Å². The minimum atomic E-state index is -0.742. The Hall–Kier alpha value is -3.16. The van der Waals surface area contributed by atoms with Crippen molar-refractivity contribution >= 4 is 40.8 Å². The highest BCUT2D eigenvalue weighted by Crippen LogP contribution is 2.36. The van der Waals surface area contributed by atoms with Gasteiger partial charge in [-0.1, -0.05) is 50.0 Å². The molecular formula is C25H24Cl2FN3O3. The Morgan fingerprint density at radius 1 is 1.12 bits per heavy atom. The molecule has 2 aromatic carbocycles. The second kappa shape index (κ2) is 9.99. The molecule has 0 spiro atoms. The third kappa shape index (κ3) is 5.66. The normalized spacial score (nSPS) is 11.3. The number of hydrogen-bond donors (Lipinski definition) is 1. The zero-order valence-corrected chi connectivity index (χ0v) is 20.7. The summed E-state index contributed by atoms with van der Waals surface area (Å²) in [6.45, 7) is 6.28. The predicted octanol–water partition coefficient (Wildman–Crippen LogP) is 5.99. The van der Waals surface area contributed by atoms with E-state index in [1.165, 1.54) is 36.3 Å². The highest BCUT2D eigenvalue weighted by Gasteiger charge is 2.25. The monoisotopic (exact) mass is 503 g/mol. The van der Waals surface area contributed by atoms with Crippen LogP contribution in [0.5, 0.6) is 5.75 Å². The van der Waals surface area contributed by atoms with Crippen LogP contribution in [0.25, 0.3) is 11.1 Å². The Bertz CT molecular complexity index is 1240. The van der Waals surface area contributed by atoms with Crippen LogP contribution < -0.4 is 15.4 Å². The number of benzene rings is 2. The van der Waals surface area contributed by atoms with E-state index in [1.807, 2.05) is 20.8 Å². The van der Waals surface area contributed by atoms with E-state index in [-0.39, 0.29) is 33.1 Å². The highest BCUT2D eigenvalue weighted by atomic mass is 35.5. The molecule has 6 nitrogen and oxygen atoms in total. The quantitative estimate of drug-likeness (QED) is 0.447. The number of amides is 2. The molecule has 1 aromatic heterocycles. The molecule has 0 radical (unpaired) electrons. The van der Waals surface area contributed by atoms with Gasteiger partial charge in [0.2, 0.25) is 5.91 Å². The van der Waals surface area contributed by atoms with Gasteiger partial charge in [0.25, 0.3) is 5.91 Å². The number of pyridine rings is 1. The van der Waals surface area contributed by atoms with Gasteiger partial charge in [0, 0.05) is 35.0 Å². The van der Waals surface area contributed by atoms with Gasteiger partial charge in [-0.25, -0.2) is 9.37 Å². The van der Waals surface area contributed by atoms with Crippen LogP contribution in [-0.4, -0.2) is 30.5 Å². The van der Waals surface area contributed by atoms with Gasteiger partial charge in [-0.15, -0.1) is 0 Å². The Labute approximate surface area is 207 Å². The van der Waals surface area contributed by atoms with E-state index in [2.05, 4.69) is 4.98 Å². The molecule has 178 valence electrons. The van der Waals surface area contributed by atoms with Crippen molar-refractivity contribution in [2.24, 2.45) is 11.1 Å². The van der Waals surface area contributed by atoms with Gasteiger partial charge in [-0.2, -0.15) is 0 Å². The maximum absolute atomic E-state index is 14.4. The van der Waals surface area contributed by atoms with Crippen molar-refractivity contribution in [3.05, 3.63) is 75.7 Å². The van der Waals surface area contributed by atoms with Gasteiger partial charge in [0.05, 0.1) is 17.2 Å². The summed E-state index contributed by atoms with van der Waals surface area (Å²) in [5, 5.41) is 0.365. The highest BCUT2D eigenvalue weighted by molar-refractivity contribution is 6.34. The summed E-state index contributed by atoms with van der Waals surface area (Å²) >= 11 is 12.5. The zero-order chi connectivity index (χ0) is 25.2. The topological polar surface area (TPSA) is 85.5 Å². The van der Waals surface area contributed by atoms with Gasteiger partial charge >= 0.3 is 0 Å². The maximum atomic E-state index is 14.4. The number of ether oxygens (including phenoxy) is 1. The maximum Gasteiger partial charge on any atom is 0.263 e. The molecular weight excluding hydrogens is 480 g/mol. The number of halogens is 3. The first-order valence-corrected chi connectivity index (χ1v) is 11.1. The fraction of sp³-hybridized carbons (Fsp3) is 0.240. The Morgan fingerprint density at radius 3 is 2.44 bits per heavy atom. The fourth-order valence-electron chi connectivity index (χ4n) is 3.10. The summed E-state index contributed by atoms with van der Waals surface area (Å²) in [5.74, 6) is -1.58. The third-order valence-electron chi connectivity index (χ3n) is 4.85. The summed E-state index contributed by atoms with van der Waals surface area (Å²) in [4.78, 5) is 30.3. The summed E-state index contributed by atoms with van der Waals surface area (Å²) < 4.78 is 20.4. The Kier molecular flexibility index (Phi) is 7.48. The first-order chi connectivity index (χ1) is 15.9. The molecule has 0 fully saturated rings. The lowest BCUT2D eigenvalue weighted by Crippen LogP contribution is -2.29. The van der Waals surface area contributed by atoms with Crippen molar-refractivity contribution in [2.75, 3.05) is 18.6 Å². The van der Waals surface area contributed by atoms with Gasteiger partial charge in [0.1, 0.15) is 5.82 Å². The van der Waals surface area contributed by atoms with Gasteiger partial charge in [-0.3, -0.25) is 14.5 Å². The number of carbonyl (C=O) groups excluding carboxylic acids is 2. The molecule has 0 unspecified atom stereocenters. The first kappa shape index (κ1) is 25.5. The molecule has 2 amide bonds. The van der Waals surface area contributed by atoms with Crippen molar-refractivity contribution < 1.29 is 18.7 Å². The molecule has 0 aliphatic carbocycles. The van der Waals surface area contributed by atoms with Crippen molar-refractivity contribution in [1.82, 2.24) is 4.98 Å². The number of anilines is 1. The van der Waals surface area contributed by atoms with Crippen molar-refractivity contribution in [2.45, 2.75) is 20.8 Å². The lowest BCUT2D eigenvalue weighted by molar-refractivity contribution is 0.0983. The molecule has 0 saturated carbocycles. The number of rotatable bonds is 6. The van der Waals surface area contributed by atoms with Crippen molar-refractivity contribution in [3.8, 4) is 16.9 Å². The summed E-state index contributed by atoms with van der Waals surface area (Å²) in [6, 6.07) is 10.3.